The molecule has 6 nitrogen and oxygen atoms in total. The molecule has 0 saturated heterocycles. The molecular formula is C8H17N5O. The van der Waals surface area contributed by atoms with Gasteiger partial charge in [0.2, 0.25) is 5.95 Å². The predicted octanol–water partition coefficient (Wildman–Crippen LogP) is 0.318. The largest absolute Gasteiger partial charge is 0.381 e. The summed E-state index contributed by atoms with van der Waals surface area (Å²) < 4.78 is 6.98. The summed E-state index contributed by atoms with van der Waals surface area (Å²) in [6, 6.07) is 0. The van der Waals surface area contributed by atoms with Gasteiger partial charge in [0.1, 0.15) is 0 Å². The maximum absolute atomic E-state index is 5.49. The third-order valence-electron chi connectivity index (χ3n) is 1.67. The van der Waals surface area contributed by atoms with E-state index in [1.165, 1.54) is 0 Å². The van der Waals surface area contributed by atoms with E-state index in [0.29, 0.717) is 18.4 Å². The van der Waals surface area contributed by atoms with Gasteiger partial charge in [-0.25, -0.2) is 4.68 Å². The maximum atomic E-state index is 5.49. The van der Waals surface area contributed by atoms with Crippen molar-refractivity contribution in [2.45, 2.75) is 26.8 Å². The molecule has 6 heteroatoms. The van der Waals surface area contributed by atoms with Gasteiger partial charge in [0, 0.05) is 19.8 Å². The van der Waals surface area contributed by atoms with Gasteiger partial charge >= 0.3 is 0 Å². The fraction of sp³-hybridized carbons (Fsp3) is 0.875. The standard InChI is InChI=1S/C8H17N5O/c1-7(2)6-14-5-3-4-13-8(9)10-11-12-13/h7H,3-6H2,1-2H3,(H2,9,10,12). The van der Waals surface area contributed by atoms with Crippen LogP contribution in [0.3, 0.4) is 0 Å². The van der Waals surface area contributed by atoms with Crippen molar-refractivity contribution in [3.8, 4) is 0 Å². The number of tetrazole rings is 1. The summed E-state index contributed by atoms with van der Waals surface area (Å²) in [6.07, 6.45) is 0.877. The van der Waals surface area contributed by atoms with Gasteiger partial charge in [0.15, 0.2) is 0 Å². The lowest BCUT2D eigenvalue weighted by atomic mass is 10.2. The third-order valence-corrected chi connectivity index (χ3v) is 1.67. The molecule has 1 aromatic heterocycles. The van der Waals surface area contributed by atoms with Crippen LogP contribution in [0.1, 0.15) is 20.3 Å². The second-order valence-corrected chi connectivity index (χ2v) is 3.58. The Morgan fingerprint density at radius 2 is 2.29 bits per heavy atom. The topological polar surface area (TPSA) is 78.8 Å². The van der Waals surface area contributed by atoms with Crippen molar-refractivity contribution in [1.29, 1.82) is 0 Å². The molecule has 0 radical (unpaired) electrons. The number of nitrogens with two attached hydrogens (primary N) is 1. The van der Waals surface area contributed by atoms with Gasteiger partial charge in [0.25, 0.3) is 0 Å². The van der Waals surface area contributed by atoms with Gasteiger partial charge in [-0.1, -0.05) is 18.9 Å². The molecule has 1 rings (SSSR count). The Hall–Kier alpha value is -1.17. The number of nitrogens with zero attached hydrogens (tertiary/aromatic N) is 4. The Morgan fingerprint density at radius 3 is 2.86 bits per heavy atom. The molecule has 0 bridgehead atoms. The first kappa shape index (κ1) is 10.9. The molecule has 14 heavy (non-hydrogen) atoms. The summed E-state index contributed by atoms with van der Waals surface area (Å²) in [5, 5.41) is 10.8. The molecule has 1 aromatic rings. The fourth-order valence-electron chi connectivity index (χ4n) is 1.01. The summed E-state index contributed by atoms with van der Waals surface area (Å²) in [5.74, 6) is 0.932. The third kappa shape index (κ3) is 3.69. The number of hydrogen-bond donors (Lipinski definition) is 1. The second-order valence-electron chi connectivity index (χ2n) is 3.58. The summed E-state index contributed by atoms with van der Waals surface area (Å²) in [7, 11) is 0. The van der Waals surface area contributed by atoms with Crippen LogP contribution in [0.15, 0.2) is 0 Å². The zero-order valence-corrected chi connectivity index (χ0v) is 8.68. The molecule has 2 N–H and O–H groups in total. The molecule has 0 spiro atoms. The summed E-state index contributed by atoms with van der Waals surface area (Å²) >= 11 is 0. The van der Waals surface area contributed by atoms with Crippen molar-refractivity contribution in [3.63, 3.8) is 0 Å². The molecule has 0 aromatic carbocycles. The Labute approximate surface area is 83.4 Å². The van der Waals surface area contributed by atoms with Crippen LogP contribution in [0.2, 0.25) is 0 Å². The van der Waals surface area contributed by atoms with E-state index in [2.05, 4.69) is 29.4 Å². The van der Waals surface area contributed by atoms with Crippen LogP contribution in [0, 0.1) is 5.92 Å². The van der Waals surface area contributed by atoms with Crippen LogP contribution in [-0.4, -0.2) is 33.4 Å². The summed E-state index contributed by atoms with van der Waals surface area (Å²) in [4.78, 5) is 0. The highest BCUT2D eigenvalue weighted by Crippen LogP contribution is 1.97. The Morgan fingerprint density at radius 1 is 1.50 bits per heavy atom. The minimum absolute atomic E-state index is 0.355. The zero-order chi connectivity index (χ0) is 10.4. The predicted molar refractivity (Wildman–Crippen MR) is 52.5 cm³/mol. The normalized spacial score (nSPS) is 11.1. The van der Waals surface area contributed by atoms with E-state index in [4.69, 9.17) is 10.5 Å². The van der Waals surface area contributed by atoms with Crippen molar-refractivity contribution < 1.29 is 4.74 Å². The maximum Gasteiger partial charge on any atom is 0.240 e. The highest BCUT2D eigenvalue weighted by Gasteiger charge is 2.00. The van der Waals surface area contributed by atoms with Crippen LogP contribution in [0.5, 0.6) is 0 Å². The number of aromatic nitrogens is 4. The highest BCUT2D eigenvalue weighted by atomic mass is 16.5. The van der Waals surface area contributed by atoms with Gasteiger partial charge in [-0.2, -0.15) is 0 Å². The molecule has 0 aliphatic heterocycles. The average Bonchev–Trinajstić information content (AvgIpc) is 2.51. The first-order chi connectivity index (χ1) is 6.70. The second kappa shape index (κ2) is 5.54. The molecule has 0 aliphatic rings. The van der Waals surface area contributed by atoms with Gasteiger partial charge in [0.05, 0.1) is 0 Å². The van der Waals surface area contributed by atoms with E-state index in [1.807, 2.05) is 0 Å². The molecule has 0 saturated carbocycles. The first-order valence-corrected chi connectivity index (χ1v) is 4.79. The summed E-state index contributed by atoms with van der Waals surface area (Å²) in [5.41, 5.74) is 5.49. The minimum Gasteiger partial charge on any atom is -0.381 e. The van der Waals surface area contributed by atoms with E-state index in [0.717, 1.165) is 19.6 Å². The monoisotopic (exact) mass is 199 g/mol. The molecular weight excluding hydrogens is 182 g/mol. The number of rotatable bonds is 6. The van der Waals surface area contributed by atoms with Crippen molar-refractivity contribution in [3.05, 3.63) is 0 Å². The Bertz CT molecular complexity index is 260. The van der Waals surface area contributed by atoms with Crippen molar-refractivity contribution in [1.82, 2.24) is 20.2 Å². The molecule has 0 amide bonds. The molecule has 1 heterocycles. The van der Waals surface area contributed by atoms with Gasteiger partial charge < -0.3 is 10.5 Å². The molecule has 0 aliphatic carbocycles. The number of ether oxygens (including phenoxy) is 1. The molecule has 0 unspecified atom stereocenters. The minimum atomic E-state index is 0.355. The van der Waals surface area contributed by atoms with Crippen molar-refractivity contribution >= 4 is 5.95 Å². The molecule has 0 fully saturated rings. The number of hydrogen-bond acceptors (Lipinski definition) is 5. The van der Waals surface area contributed by atoms with E-state index in [9.17, 15) is 0 Å². The van der Waals surface area contributed by atoms with Crippen LogP contribution < -0.4 is 5.73 Å². The van der Waals surface area contributed by atoms with E-state index >= 15 is 0 Å². The fourth-order valence-corrected chi connectivity index (χ4v) is 1.01. The number of aryl methyl sites for hydroxylation is 1. The first-order valence-electron chi connectivity index (χ1n) is 4.79. The van der Waals surface area contributed by atoms with Crippen LogP contribution in [0.4, 0.5) is 5.95 Å². The Kier molecular flexibility index (Phi) is 4.31. The SMILES string of the molecule is CC(C)COCCCn1nnnc1N. The average molecular weight is 199 g/mol. The van der Waals surface area contributed by atoms with Gasteiger partial charge in [-0.05, 0) is 22.8 Å². The quantitative estimate of drug-likeness (QED) is 0.667. The van der Waals surface area contributed by atoms with Crippen LogP contribution in [-0.2, 0) is 11.3 Å². The van der Waals surface area contributed by atoms with Crippen LogP contribution in [0.25, 0.3) is 0 Å². The highest BCUT2D eigenvalue weighted by molar-refractivity contribution is 5.09. The Balaban J connectivity index is 2.08. The molecule has 80 valence electrons. The lowest BCUT2D eigenvalue weighted by Gasteiger charge is -2.06. The zero-order valence-electron chi connectivity index (χ0n) is 8.68. The number of anilines is 1. The van der Waals surface area contributed by atoms with Crippen LogP contribution >= 0.6 is 0 Å². The lowest BCUT2D eigenvalue weighted by molar-refractivity contribution is 0.105. The molecule has 0 atom stereocenters. The number of nitrogen functional groups attached to an aromatic ring is 1. The van der Waals surface area contributed by atoms with E-state index in [-0.39, 0.29) is 0 Å². The van der Waals surface area contributed by atoms with Crippen molar-refractivity contribution in [2.75, 3.05) is 18.9 Å². The van der Waals surface area contributed by atoms with E-state index in [1.54, 1.807) is 4.68 Å². The van der Waals surface area contributed by atoms with Gasteiger partial charge in [-0.3, -0.25) is 0 Å². The lowest BCUT2D eigenvalue weighted by Crippen LogP contribution is -2.09. The smallest absolute Gasteiger partial charge is 0.240 e. The van der Waals surface area contributed by atoms with Gasteiger partial charge in [-0.15, -0.1) is 0 Å². The summed E-state index contributed by atoms with van der Waals surface area (Å²) in [6.45, 7) is 6.47. The van der Waals surface area contributed by atoms with Crippen molar-refractivity contribution in [2.24, 2.45) is 5.92 Å². The van der Waals surface area contributed by atoms with E-state index < -0.39 is 0 Å².